The smallest absolute Gasteiger partial charge is 0.317 e. The molecule has 3 fully saturated rings. The monoisotopic (exact) mass is 323 g/mol. The van der Waals surface area contributed by atoms with E-state index in [-0.39, 0.29) is 12.1 Å². The Bertz CT molecular complexity index is 376. The molecule has 5 nitrogen and oxygen atoms in total. The van der Waals surface area contributed by atoms with E-state index in [1.807, 2.05) is 4.90 Å². The number of piperidine rings is 2. The fourth-order valence-electron chi connectivity index (χ4n) is 4.13. The lowest BCUT2D eigenvalue weighted by Crippen LogP contribution is -2.49. The third-order valence-corrected chi connectivity index (χ3v) is 5.70. The second kappa shape index (κ2) is 8.34. The number of rotatable bonds is 4. The Hall–Kier alpha value is -0.810. The zero-order valence-electron chi connectivity index (χ0n) is 14.6. The highest BCUT2D eigenvalue weighted by atomic mass is 16.5. The fourth-order valence-corrected chi connectivity index (χ4v) is 4.13. The van der Waals surface area contributed by atoms with Crippen molar-refractivity contribution in [3.05, 3.63) is 0 Å². The van der Waals surface area contributed by atoms with Crippen LogP contribution in [0.1, 0.15) is 45.4 Å². The van der Waals surface area contributed by atoms with Crippen molar-refractivity contribution < 1.29 is 9.53 Å². The number of amides is 2. The number of nitrogens with zero attached hydrogens (tertiary/aromatic N) is 2. The van der Waals surface area contributed by atoms with Crippen LogP contribution >= 0.6 is 0 Å². The van der Waals surface area contributed by atoms with Crippen molar-refractivity contribution in [3.8, 4) is 0 Å². The SMILES string of the molecule is CC1CCN(C[C@H]2CCCN(C(=O)NC[C@H]3CCCO3)C2)CC1. The first-order valence-electron chi connectivity index (χ1n) is 9.57. The van der Waals surface area contributed by atoms with Gasteiger partial charge in [0.2, 0.25) is 0 Å². The molecule has 23 heavy (non-hydrogen) atoms. The Morgan fingerprint density at radius 2 is 1.96 bits per heavy atom. The van der Waals surface area contributed by atoms with Crippen molar-refractivity contribution >= 4 is 6.03 Å². The van der Waals surface area contributed by atoms with Gasteiger partial charge in [-0.15, -0.1) is 0 Å². The van der Waals surface area contributed by atoms with Crippen LogP contribution in [0.2, 0.25) is 0 Å². The van der Waals surface area contributed by atoms with E-state index in [4.69, 9.17) is 4.74 Å². The van der Waals surface area contributed by atoms with Gasteiger partial charge in [-0.2, -0.15) is 0 Å². The van der Waals surface area contributed by atoms with Gasteiger partial charge in [0, 0.05) is 32.8 Å². The minimum atomic E-state index is 0.109. The van der Waals surface area contributed by atoms with Crippen molar-refractivity contribution in [3.63, 3.8) is 0 Å². The molecule has 0 unspecified atom stereocenters. The molecule has 3 aliphatic rings. The van der Waals surface area contributed by atoms with E-state index in [9.17, 15) is 4.79 Å². The highest BCUT2D eigenvalue weighted by Crippen LogP contribution is 2.22. The van der Waals surface area contributed by atoms with E-state index < -0.39 is 0 Å². The molecule has 0 aromatic carbocycles. The highest BCUT2D eigenvalue weighted by Gasteiger charge is 2.27. The number of carbonyl (C=O) groups is 1. The van der Waals surface area contributed by atoms with Crippen LogP contribution in [-0.2, 0) is 4.74 Å². The van der Waals surface area contributed by atoms with Crippen molar-refractivity contribution in [2.45, 2.75) is 51.6 Å². The maximum atomic E-state index is 12.4. The van der Waals surface area contributed by atoms with E-state index >= 15 is 0 Å². The lowest BCUT2D eigenvalue weighted by atomic mass is 9.94. The molecule has 0 aliphatic carbocycles. The van der Waals surface area contributed by atoms with Gasteiger partial charge in [0.15, 0.2) is 0 Å². The maximum Gasteiger partial charge on any atom is 0.317 e. The number of nitrogens with one attached hydrogen (secondary N) is 1. The zero-order chi connectivity index (χ0) is 16.1. The molecular weight excluding hydrogens is 290 g/mol. The summed E-state index contributed by atoms with van der Waals surface area (Å²) in [6.07, 6.45) is 7.51. The highest BCUT2D eigenvalue weighted by molar-refractivity contribution is 5.74. The number of hydrogen-bond acceptors (Lipinski definition) is 3. The second-order valence-electron chi connectivity index (χ2n) is 7.76. The second-order valence-corrected chi connectivity index (χ2v) is 7.76. The molecule has 5 heteroatoms. The molecule has 2 amide bonds. The summed E-state index contributed by atoms with van der Waals surface area (Å²) < 4.78 is 5.58. The number of carbonyl (C=O) groups excluding carboxylic acids is 1. The molecule has 3 aliphatic heterocycles. The predicted molar refractivity (Wildman–Crippen MR) is 91.5 cm³/mol. The topological polar surface area (TPSA) is 44.8 Å². The minimum Gasteiger partial charge on any atom is -0.376 e. The summed E-state index contributed by atoms with van der Waals surface area (Å²) >= 11 is 0. The van der Waals surface area contributed by atoms with Crippen molar-refractivity contribution in [1.29, 1.82) is 0 Å². The summed E-state index contributed by atoms with van der Waals surface area (Å²) in [5.41, 5.74) is 0. The van der Waals surface area contributed by atoms with E-state index in [1.165, 1.54) is 38.9 Å². The Morgan fingerprint density at radius 3 is 2.70 bits per heavy atom. The molecule has 0 spiro atoms. The van der Waals surface area contributed by atoms with Gasteiger partial charge < -0.3 is 19.9 Å². The Balaban J connectivity index is 1.39. The lowest BCUT2D eigenvalue weighted by Gasteiger charge is -2.37. The standard InChI is InChI=1S/C18H33N3O2/c1-15-6-9-20(10-7-15)13-16-4-2-8-21(14-16)18(22)19-12-17-5-3-11-23-17/h15-17H,2-14H2,1H3,(H,19,22)/t16-,17-/m1/s1. The normalized spacial score (nSPS) is 30.6. The van der Waals surface area contributed by atoms with Crippen molar-refractivity contribution in [2.75, 3.05) is 45.9 Å². The molecule has 3 rings (SSSR count). The van der Waals surface area contributed by atoms with Gasteiger partial charge >= 0.3 is 6.03 Å². The quantitative estimate of drug-likeness (QED) is 0.863. The summed E-state index contributed by atoms with van der Waals surface area (Å²) in [7, 11) is 0. The average Bonchev–Trinajstić information content (AvgIpc) is 3.08. The van der Waals surface area contributed by atoms with Gasteiger partial charge in [0.25, 0.3) is 0 Å². The van der Waals surface area contributed by atoms with Gasteiger partial charge in [-0.3, -0.25) is 0 Å². The van der Waals surface area contributed by atoms with Gasteiger partial charge in [0.1, 0.15) is 0 Å². The zero-order valence-corrected chi connectivity index (χ0v) is 14.6. The molecule has 0 aromatic heterocycles. The predicted octanol–water partition coefficient (Wildman–Crippen LogP) is 2.32. The maximum absolute atomic E-state index is 12.4. The van der Waals surface area contributed by atoms with Crippen molar-refractivity contribution in [2.24, 2.45) is 11.8 Å². The molecule has 3 heterocycles. The van der Waals surface area contributed by atoms with Crippen LogP contribution < -0.4 is 5.32 Å². The number of urea groups is 1. The van der Waals surface area contributed by atoms with E-state index in [2.05, 4.69) is 17.1 Å². The first kappa shape index (κ1) is 17.0. The van der Waals surface area contributed by atoms with Crippen LogP contribution in [0.5, 0.6) is 0 Å². The lowest BCUT2D eigenvalue weighted by molar-refractivity contribution is 0.102. The molecule has 1 N–H and O–H groups in total. The van der Waals surface area contributed by atoms with E-state index in [0.717, 1.165) is 44.9 Å². The Kier molecular flexibility index (Phi) is 6.17. The molecule has 0 aromatic rings. The minimum absolute atomic E-state index is 0.109. The van der Waals surface area contributed by atoms with Gasteiger partial charge in [-0.1, -0.05) is 6.92 Å². The summed E-state index contributed by atoms with van der Waals surface area (Å²) in [6.45, 7) is 9.35. The van der Waals surface area contributed by atoms with Gasteiger partial charge in [0.05, 0.1) is 6.10 Å². The van der Waals surface area contributed by atoms with Crippen LogP contribution in [0.25, 0.3) is 0 Å². The third-order valence-electron chi connectivity index (χ3n) is 5.70. The summed E-state index contributed by atoms with van der Waals surface area (Å²) in [6, 6.07) is 0.109. The molecule has 3 saturated heterocycles. The van der Waals surface area contributed by atoms with Crippen LogP contribution in [0, 0.1) is 11.8 Å². The first-order valence-corrected chi connectivity index (χ1v) is 9.57. The van der Waals surface area contributed by atoms with E-state index in [1.54, 1.807) is 0 Å². The Morgan fingerprint density at radius 1 is 1.13 bits per heavy atom. The van der Waals surface area contributed by atoms with Gasteiger partial charge in [-0.25, -0.2) is 4.79 Å². The largest absolute Gasteiger partial charge is 0.376 e. The summed E-state index contributed by atoms with van der Waals surface area (Å²) in [4.78, 5) is 17.0. The summed E-state index contributed by atoms with van der Waals surface area (Å²) in [5, 5.41) is 3.07. The van der Waals surface area contributed by atoms with Crippen molar-refractivity contribution in [1.82, 2.24) is 15.1 Å². The molecule has 0 saturated carbocycles. The number of likely N-dealkylation sites (tertiary alicyclic amines) is 2. The van der Waals surface area contributed by atoms with E-state index in [0.29, 0.717) is 12.5 Å². The third kappa shape index (κ3) is 5.08. The Labute approximate surface area is 140 Å². The van der Waals surface area contributed by atoms with Crippen LogP contribution in [-0.4, -0.2) is 67.8 Å². The fraction of sp³-hybridized carbons (Fsp3) is 0.944. The van der Waals surface area contributed by atoms with Crippen LogP contribution in [0.15, 0.2) is 0 Å². The average molecular weight is 323 g/mol. The molecule has 0 bridgehead atoms. The summed E-state index contributed by atoms with van der Waals surface area (Å²) in [5.74, 6) is 1.53. The molecule has 132 valence electrons. The van der Waals surface area contributed by atoms with Gasteiger partial charge in [-0.05, 0) is 63.5 Å². The number of hydrogen-bond donors (Lipinski definition) is 1. The van der Waals surface area contributed by atoms with Crippen LogP contribution in [0.4, 0.5) is 4.79 Å². The first-order chi connectivity index (χ1) is 11.2. The molecular formula is C18H33N3O2. The molecule has 2 atom stereocenters. The molecule has 0 radical (unpaired) electrons. The van der Waals surface area contributed by atoms with Crippen LogP contribution in [0.3, 0.4) is 0 Å². The number of ether oxygens (including phenoxy) is 1.